The first-order valence-corrected chi connectivity index (χ1v) is 6.62. The van der Waals surface area contributed by atoms with Crippen molar-refractivity contribution in [1.82, 2.24) is 10.2 Å². The van der Waals surface area contributed by atoms with Gasteiger partial charge in [0.05, 0.1) is 12.6 Å². The molecule has 1 atom stereocenters. The van der Waals surface area contributed by atoms with Crippen molar-refractivity contribution in [3.05, 3.63) is 48.0 Å². The van der Waals surface area contributed by atoms with Crippen LogP contribution in [0.25, 0.3) is 0 Å². The molecule has 0 saturated carbocycles. The molecule has 102 valence electrons. The number of nitrogens with zero attached hydrogens (tertiary/aromatic N) is 1. The number of nitrogens with one attached hydrogen (secondary N) is 1. The molecule has 1 aromatic carbocycles. The van der Waals surface area contributed by atoms with Crippen molar-refractivity contribution < 1.29 is 9.90 Å². The van der Waals surface area contributed by atoms with Gasteiger partial charge in [0.2, 0.25) is 0 Å². The Balaban J connectivity index is 2.16. The number of hydrogen-bond donors (Lipinski definition) is 2. The van der Waals surface area contributed by atoms with Crippen LogP contribution in [0.1, 0.15) is 23.6 Å². The van der Waals surface area contributed by atoms with Crippen molar-refractivity contribution in [2.45, 2.75) is 18.9 Å². The van der Waals surface area contributed by atoms with Gasteiger partial charge in [-0.25, -0.2) is 4.79 Å². The Morgan fingerprint density at radius 1 is 1.53 bits per heavy atom. The summed E-state index contributed by atoms with van der Waals surface area (Å²) >= 11 is 0. The third kappa shape index (κ3) is 2.96. The molecule has 4 nitrogen and oxygen atoms in total. The van der Waals surface area contributed by atoms with Crippen molar-refractivity contribution in [3.63, 3.8) is 0 Å². The Labute approximate surface area is 113 Å². The van der Waals surface area contributed by atoms with Crippen LogP contribution in [0.3, 0.4) is 0 Å². The fourth-order valence-electron chi connectivity index (χ4n) is 2.63. The summed E-state index contributed by atoms with van der Waals surface area (Å²) in [5.41, 5.74) is 2.50. The van der Waals surface area contributed by atoms with E-state index in [9.17, 15) is 9.90 Å². The average molecular weight is 260 g/mol. The summed E-state index contributed by atoms with van der Waals surface area (Å²) in [6, 6.07) is 8.11. The maximum Gasteiger partial charge on any atom is 0.318 e. The van der Waals surface area contributed by atoms with Gasteiger partial charge < -0.3 is 15.3 Å². The molecule has 19 heavy (non-hydrogen) atoms. The van der Waals surface area contributed by atoms with Crippen molar-refractivity contribution in [2.75, 3.05) is 19.7 Å². The molecule has 2 rings (SSSR count). The first kappa shape index (κ1) is 13.6. The third-order valence-electron chi connectivity index (χ3n) is 3.48. The van der Waals surface area contributed by atoms with Crippen molar-refractivity contribution in [2.24, 2.45) is 0 Å². The van der Waals surface area contributed by atoms with Crippen LogP contribution in [0.15, 0.2) is 36.9 Å². The molecule has 4 heteroatoms. The van der Waals surface area contributed by atoms with E-state index >= 15 is 0 Å². The normalized spacial score (nSPS) is 16.8. The van der Waals surface area contributed by atoms with Crippen LogP contribution >= 0.6 is 0 Å². The number of hydrogen-bond acceptors (Lipinski definition) is 2. The van der Waals surface area contributed by atoms with E-state index in [0.717, 1.165) is 12.8 Å². The van der Waals surface area contributed by atoms with Gasteiger partial charge in [-0.2, -0.15) is 0 Å². The van der Waals surface area contributed by atoms with Crippen LogP contribution in [0.4, 0.5) is 4.79 Å². The van der Waals surface area contributed by atoms with Gasteiger partial charge >= 0.3 is 6.03 Å². The van der Waals surface area contributed by atoms with E-state index in [0.29, 0.717) is 13.1 Å². The molecular formula is C15H20N2O2. The number of carbonyl (C=O) groups excluding carboxylic acids is 1. The molecule has 0 saturated heterocycles. The Morgan fingerprint density at radius 2 is 2.32 bits per heavy atom. The highest BCUT2D eigenvalue weighted by Crippen LogP contribution is 2.35. The number of carbonyl (C=O) groups is 1. The fraction of sp³-hybridized carbons (Fsp3) is 0.400. The summed E-state index contributed by atoms with van der Waals surface area (Å²) in [6.45, 7) is 4.35. The standard InChI is InChI=1S/C15H20N2O2/c1-2-9-16-15(19)17(10-11-18)14-8-7-12-5-3-4-6-13(12)14/h2-6,14,18H,1,7-11H2,(H,16,19). The number of fused-ring (bicyclic) bond motifs is 1. The monoisotopic (exact) mass is 260 g/mol. The van der Waals surface area contributed by atoms with E-state index in [2.05, 4.69) is 24.0 Å². The number of urea groups is 1. The van der Waals surface area contributed by atoms with E-state index in [1.165, 1.54) is 11.1 Å². The molecule has 0 fully saturated rings. The molecule has 1 aliphatic carbocycles. The Hall–Kier alpha value is -1.81. The lowest BCUT2D eigenvalue weighted by molar-refractivity contribution is 0.152. The minimum Gasteiger partial charge on any atom is -0.395 e. The van der Waals surface area contributed by atoms with Crippen LogP contribution in [0, 0.1) is 0 Å². The predicted octanol–water partition coefficient (Wildman–Crippen LogP) is 1.86. The summed E-state index contributed by atoms with van der Waals surface area (Å²) in [7, 11) is 0. The highest BCUT2D eigenvalue weighted by atomic mass is 16.3. The van der Waals surface area contributed by atoms with E-state index < -0.39 is 0 Å². The first-order chi connectivity index (χ1) is 9.27. The van der Waals surface area contributed by atoms with Gasteiger partial charge in [-0.15, -0.1) is 6.58 Å². The van der Waals surface area contributed by atoms with Gasteiger partial charge in [0.15, 0.2) is 0 Å². The molecule has 0 bridgehead atoms. The highest BCUT2D eigenvalue weighted by molar-refractivity contribution is 5.75. The van der Waals surface area contributed by atoms with Crippen molar-refractivity contribution in [3.8, 4) is 0 Å². The van der Waals surface area contributed by atoms with Gasteiger partial charge in [0, 0.05) is 13.1 Å². The van der Waals surface area contributed by atoms with Gasteiger partial charge in [0.1, 0.15) is 0 Å². The lowest BCUT2D eigenvalue weighted by Gasteiger charge is -2.29. The van der Waals surface area contributed by atoms with Crippen LogP contribution in [0.2, 0.25) is 0 Å². The first-order valence-electron chi connectivity index (χ1n) is 6.62. The molecule has 1 unspecified atom stereocenters. The fourth-order valence-corrected chi connectivity index (χ4v) is 2.63. The number of benzene rings is 1. The maximum atomic E-state index is 12.1. The van der Waals surface area contributed by atoms with Gasteiger partial charge in [-0.1, -0.05) is 30.3 Å². The van der Waals surface area contributed by atoms with Gasteiger partial charge in [-0.3, -0.25) is 0 Å². The van der Waals surface area contributed by atoms with E-state index in [-0.39, 0.29) is 18.7 Å². The lowest BCUT2D eigenvalue weighted by Crippen LogP contribution is -2.43. The maximum absolute atomic E-state index is 12.1. The smallest absolute Gasteiger partial charge is 0.318 e. The number of aryl methyl sites for hydroxylation is 1. The zero-order valence-corrected chi connectivity index (χ0v) is 11.0. The Bertz CT molecular complexity index is 459. The topological polar surface area (TPSA) is 52.6 Å². The van der Waals surface area contributed by atoms with Crippen molar-refractivity contribution >= 4 is 6.03 Å². The minimum absolute atomic E-state index is 0.0276. The second-order valence-electron chi connectivity index (χ2n) is 4.65. The summed E-state index contributed by atoms with van der Waals surface area (Å²) in [5, 5.41) is 12.0. The largest absolute Gasteiger partial charge is 0.395 e. The second kappa shape index (κ2) is 6.38. The number of amides is 2. The SMILES string of the molecule is C=CCNC(=O)N(CCO)C1CCc2ccccc21. The zero-order chi connectivity index (χ0) is 13.7. The lowest BCUT2D eigenvalue weighted by atomic mass is 10.1. The molecular weight excluding hydrogens is 240 g/mol. The molecule has 0 heterocycles. The molecule has 0 aliphatic heterocycles. The van der Waals surface area contributed by atoms with Crippen LogP contribution in [-0.2, 0) is 6.42 Å². The molecule has 0 aromatic heterocycles. The van der Waals surface area contributed by atoms with E-state index in [1.807, 2.05) is 12.1 Å². The van der Waals surface area contributed by atoms with Gasteiger partial charge in [0.25, 0.3) is 0 Å². The zero-order valence-electron chi connectivity index (χ0n) is 11.0. The molecule has 2 amide bonds. The van der Waals surface area contributed by atoms with Crippen LogP contribution in [-0.4, -0.2) is 35.7 Å². The van der Waals surface area contributed by atoms with Crippen LogP contribution in [0.5, 0.6) is 0 Å². The number of rotatable bonds is 5. The van der Waals surface area contributed by atoms with E-state index in [4.69, 9.17) is 0 Å². The third-order valence-corrected chi connectivity index (χ3v) is 3.48. The predicted molar refractivity (Wildman–Crippen MR) is 74.9 cm³/mol. The molecule has 2 N–H and O–H groups in total. The second-order valence-corrected chi connectivity index (χ2v) is 4.65. The van der Waals surface area contributed by atoms with Crippen molar-refractivity contribution in [1.29, 1.82) is 0 Å². The van der Waals surface area contributed by atoms with Gasteiger partial charge in [-0.05, 0) is 24.0 Å². The molecule has 1 aliphatic rings. The quantitative estimate of drug-likeness (QED) is 0.794. The minimum atomic E-state index is -0.143. The van der Waals surface area contributed by atoms with E-state index in [1.54, 1.807) is 11.0 Å². The summed E-state index contributed by atoms with van der Waals surface area (Å²) in [6.07, 6.45) is 3.55. The Kier molecular flexibility index (Phi) is 4.58. The Morgan fingerprint density at radius 3 is 3.05 bits per heavy atom. The molecule has 1 aromatic rings. The average Bonchev–Trinajstić information content (AvgIpc) is 2.86. The number of aliphatic hydroxyl groups excluding tert-OH is 1. The summed E-state index contributed by atoms with van der Waals surface area (Å²) in [4.78, 5) is 13.9. The highest BCUT2D eigenvalue weighted by Gasteiger charge is 2.30. The molecule has 0 spiro atoms. The van der Waals surface area contributed by atoms with Crippen LogP contribution < -0.4 is 5.32 Å². The summed E-state index contributed by atoms with van der Waals surface area (Å²) in [5.74, 6) is 0. The number of aliphatic hydroxyl groups is 1. The summed E-state index contributed by atoms with van der Waals surface area (Å²) < 4.78 is 0. The molecule has 0 radical (unpaired) electrons.